The smallest absolute Gasteiger partial charge is 0.0717 e. The quantitative estimate of drug-likeness (QED) is 0.653. The molecule has 1 rings (SSSR count). The van der Waals surface area contributed by atoms with Crippen LogP contribution in [-0.4, -0.2) is 26.2 Å². The van der Waals surface area contributed by atoms with Crippen molar-refractivity contribution in [3.05, 3.63) is 35.9 Å². The zero-order chi connectivity index (χ0) is 11.6. The first-order valence-electron chi connectivity index (χ1n) is 5.85. The van der Waals surface area contributed by atoms with Crippen LogP contribution < -0.4 is 11.1 Å². The van der Waals surface area contributed by atoms with Crippen molar-refractivity contribution in [1.29, 1.82) is 0 Å². The van der Waals surface area contributed by atoms with Gasteiger partial charge < -0.3 is 15.8 Å². The zero-order valence-corrected chi connectivity index (χ0v) is 9.99. The fourth-order valence-corrected chi connectivity index (χ4v) is 1.34. The summed E-state index contributed by atoms with van der Waals surface area (Å²) in [6.07, 6.45) is 0. The Balaban J connectivity index is 1.96. The Labute approximate surface area is 98.0 Å². The monoisotopic (exact) mass is 222 g/mol. The van der Waals surface area contributed by atoms with Gasteiger partial charge in [0.1, 0.15) is 0 Å². The molecule has 0 fully saturated rings. The minimum Gasteiger partial charge on any atom is -0.375 e. The van der Waals surface area contributed by atoms with Crippen LogP contribution in [0.5, 0.6) is 0 Å². The zero-order valence-electron chi connectivity index (χ0n) is 9.99. The molecule has 0 saturated carbocycles. The summed E-state index contributed by atoms with van der Waals surface area (Å²) < 4.78 is 5.54. The summed E-state index contributed by atoms with van der Waals surface area (Å²) >= 11 is 0. The van der Waals surface area contributed by atoms with E-state index in [0.29, 0.717) is 12.5 Å². The normalized spacial score (nSPS) is 12.6. The van der Waals surface area contributed by atoms with Crippen LogP contribution in [0, 0.1) is 5.92 Å². The molecule has 3 nitrogen and oxygen atoms in total. The first-order chi connectivity index (χ1) is 7.83. The van der Waals surface area contributed by atoms with Gasteiger partial charge in [-0.1, -0.05) is 37.3 Å². The van der Waals surface area contributed by atoms with Gasteiger partial charge in [-0.15, -0.1) is 0 Å². The molecule has 0 aliphatic heterocycles. The molecule has 0 heterocycles. The summed E-state index contributed by atoms with van der Waals surface area (Å²) in [6, 6.07) is 10.2. The number of ether oxygens (including phenoxy) is 1. The second-order valence-corrected chi connectivity index (χ2v) is 4.08. The maximum absolute atomic E-state index is 5.54. The average Bonchev–Trinajstić information content (AvgIpc) is 2.34. The largest absolute Gasteiger partial charge is 0.375 e. The van der Waals surface area contributed by atoms with Crippen molar-refractivity contribution >= 4 is 0 Å². The molecule has 3 N–H and O–H groups in total. The summed E-state index contributed by atoms with van der Waals surface area (Å²) in [5.41, 5.74) is 6.74. The summed E-state index contributed by atoms with van der Waals surface area (Å²) in [5, 5.41) is 3.32. The number of nitrogens with one attached hydrogen (secondary N) is 1. The van der Waals surface area contributed by atoms with E-state index in [1.165, 1.54) is 5.56 Å². The van der Waals surface area contributed by atoms with Gasteiger partial charge in [-0.3, -0.25) is 0 Å². The van der Waals surface area contributed by atoms with Crippen molar-refractivity contribution in [3.63, 3.8) is 0 Å². The molecule has 90 valence electrons. The van der Waals surface area contributed by atoms with E-state index >= 15 is 0 Å². The number of rotatable bonds is 8. The highest BCUT2D eigenvalue weighted by molar-refractivity contribution is 5.13. The summed E-state index contributed by atoms with van der Waals surface area (Å²) in [4.78, 5) is 0. The minimum absolute atomic E-state index is 0.536. The molecule has 1 aromatic rings. The first kappa shape index (κ1) is 13.2. The fraction of sp³-hybridized carbons (Fsp3) is 0.538. The Morgan fingerprint density at radius 1 is 1.31 bits per heavy atom. The third-order valence-corrected chi connectivity index (χ3v) is 2.43. The molecule has 0 aliphatic carbocycles. The second kappa shape index (κ2) is 8.28. The van der Waals surface area contributed by atoms with Crippen LogP contribution in [0.2, 0.25) is 0 Å². The molecule has 0 amide bonds. The van der Waals surface area contributed by atoms with Crippen LogP contribution in [0.1, 0.15) is 12.5 Å². The standard InChI is InChI=1S/C13H22N2O/c1-12(9-14)10-15-7-8-16-11-13-5-3-2-4-6-13/h2-6,12,15H,7-11,14H2,1H3. The molecule has 0 saturated heterocycles. The van der Waals surface area contributed by atoms with Crippen LogP contribution in [-0.2, 0) is 11.3 Å². The number of nitrogens with two attached hydrogens (primary N) is 1. The van der Waals surface area contributed by atoms with Gasteiger partial charge in [-0.05, 0) is 24.6 Å². The molecule has 0 aliphatic rings. The topological polar surface area (TPSA) is 47.3 Å². The number of hydrogen-bond acceptors (Lipinski definition) is 3. The van der Waals surface area contributed by atoms with E-state index in [-0.39, 0.29) is 0 Å². The third-order valence-electron chi connectivity index (χ3n) is 2.43. The molecule has 0 radical (unpaired) electrons. The first-order valence-corrected chi connectivity index (χ1v) is 5.85. The molecule has 0 spiro atoms. The Hall–Kier alpha value is -0.900. The fourth-order valence-electron chi connectivity index (χ4n) is 1.34. The van der Waals surface area contributed by atoms with Gasteiger partial charge in [0, 0.05) is 6.54 Å². The Morgan fingerprint density at radius 3 is 2.75 bits per heavy atom. The van der Waals surface area contributed by atoms with Crippen molar-refractivity contribution < 1.29 is 4.74 Å². The van der Waals surface area contributed by atoms with Crippen LogP contribution in [0.25, 0.3) is 0 Å². The number of benzene rings is 1. The van der Waals surface area contributed by atoms with E-state index in [0.717, 1.165) is 26.2 Å². The molecular weight excluding hydrogens is 200 g/mol. The molecule has 1 unspecified atom stereocenters. The van der Waals surface area contributed by atoms with E-state index in [1.54, 1.807) is 0 Å². The maximum Gasteiger partial charge on any atom is 0.0717 e. The highest BCUT2D eigenvalue weighted by Gasteiger charge is 1.97. The Morgan fingerprint density at radius 2 is 2.06 bits per heavy atom. The van der Waals surface area contributed by atoms with E-state index in [1.807, 2.05) is 18.2 Å². The van der Waals surface area contributed by atoms with E-state index < -0.39 is 0 Å². The van der Waals surface area contributed by atoms with Crippen LogP contribution in [0.15, 0.2) is 30.3 Å². The summed E-state index contributed by atoms with van der Waals surface area (Å²) in [7, 11) is 0. The lowest BCUT2D eigenvalue weighted by Crippen LogP contribution is -2.28. The van der Waals surface area contributed by atoms with Gasteiger partial charge in [0.05, 0.1) is 13.2 Å². The van der Waals surface area contributed by atoms with Gasteiger partial charge in [0.2, 0.25) is 0 Å². The van der Waals surface area contributed by atoms with Crippen molar-refractivity contribution in [1.82, 2.24) is 5.32 Å². The van der Waals surface area contributed by atoms with Gasteiger partial charge in [0.25, 0.3) is 0 Å². The highest BCUT2D eigenvalue weighted by atomic mass is 16.5. The van der Waals surface area contributed by atoms with Gasteiger partial charge in [-0.25, -0.2) is 0 Å². The molecule has 16 heavy (non-hydrogen) atoms. The van der Waals surface area contributed by atoms with E-state index in [9.17, 15) is 0 Å². The lowest BCUT2D eigenvalue weighted by molar-refractivity contribution is 0.122. The average molecular weight is 222 g/mol. The van der Waals surface area contributed by atoms with Crippen molar-refractivity contribution in [3.8, 4) is 0 Å². The summed E-state index contributed by atoms with van der Waals surface area (Å²) in [6.45, 7) is 6.15. The van der Waals surface area contributed by atoms with Gasteiger partial charge in [-0.2, -0.15) is 0 Å². The summed E-state index contributed by atoms with van der Waals surface area (Å²) in [5.74, 6) is 0.536. The maximum atomic E-state index is 5.54. The minimum atomic E-state index is 0.536. The van der Waals surface area contributed by atoms with Crippen molar-refractivity contribution in [2.45, 2.75) is 13.5 Å². The van der Waals surface area contributed by atoms with Gasteiger partial charge in [0.15, 0.2) is 0 Å². The predicted octanol–water partition coefficient (Wildman–Crippen LogP) is 1.39. The van der Waals surface area contributed by atoms with E-state index in [2.05, 4.69) is 24.4 Å². The third kappa shape index (κ3) is 5.85. The molecule has 0 bridgehead atoms. The second-order valence-electron chi connectivity index (χ2n) is 4.08. The molecule has 0 aromatic heterocycles. The lowest BCUT2D eigenvalue weighted by atomic mass is 10.2. The Bertz CT molecular complexity index is 264. The Kier molecular flexibility index (Phi) is 6.81. The van der Waals surface area contributed by atoms with Crippen LogP contribution in [0.4, 0.5) is 0 Å². The SMILES string of the molecule is CC(CN)CNCCOCc1ccccc1. The number of hydrogen-bond donors (Lipinski definition) is 2. The lowest BCUT2D eigenvalue weighted by Gasteiger charge is -2.10. The predicted molar refractivity (Wildman–Crippen MR) is 67.2 cm³/mol. The molecule has 3 heteroatoms. The molecular formula is C13H22N2O. The van der Waals surface area contributed by atoms with Crippen molar-refractivity contribution in [2.24, 2.45) is 11.7 Å². The van der Waals surface area contributed by atoms with E-state index in [4.69, 9.17) is 10.5 Å². The van der Waals surface area contributed by atoms with Crippen LogP contribution >= 0.6 is 0 Å². The highest BCUT2D eigenvalue weighted by Crippen LogP contribution is 1.99. The van der Waals surface area contributed by atoms with Crippen LogP contribution in [0.3, 0.4) is 0 Å². The van der Waals surface area contributed by atoms with Gasteiger partial charge >= 0.3 is 0 Å². The molecule has 1 aromatic carbocycles. The van der Waals surface area contributed by atoms with Crippen molar-refractivity contribution in [2.75, 3.05) is 26.2 Å². The molecule has 1 atom stereocenters.